The lowest BCUT2D eigenvalue weighted by Gasteiger charge is -2.35. The van der Waals surface area contributed by atoms with E-state index in [-0.39, 0.29) is 5.91 Å². The van der Waals surface area contributed by atoms with Gasteiger partial charge in [-0.3, -0.25) is 4.79 Å². The molecule has 1 amide bonds. The number of anilines is 1. The third kappa shape index (κ3) is 2.66. The molecular formula is C15H22N2O. The molecule has 1 aromatic carbocycles. The van der Waals surface area contributed by atoms with Crippen molar-refractivity contribution < 1.29 is 4.79 Å². The van der Waals surface area contributed by atoms with Crippen molar-refractivity contribution in [2.45, 2.75) is 45.6 Å². The molecule has 2 rings (SSSR count). The number of rotatable bonds is 2. The third-order valence-corrected chi connectivity index (χ3v) is 3.71. The molecule has 1 heterocycles. The second-order valence-electron chi connectivity index (χ2n) is 5.19. The van der Waals surface area contributed by atoms with Crippen LogP contribution in [0.4, 0.5) is 5.69 Å². The highest BCUT2D eigenvalue weighted by atomic mass is 16.2. The highest BCUT2D eigenvalue weighted by Gasteiger charge is 2.26. The van der Waals surface area contributed by atoms with E-state index in [0.29, 0.717) is 11.7 Å². The van der Waals surface area contributed by atoms with Crippen molar-refractivity contribution in [3.05, 3.63) is 29.3 Å². The van der Waals surface area contributed by atoms with Crippen LogP contribution in [0.1, 0.15) is 48.5 Å². The van der Waals surface area contributed by atoms with Crippen molar-refractivity contribution in [1.29, 1.82) is 0 Å². The van der Waals surface area contributed by atoms with Gasteiger partial charge >= 0.3 is 0 Å². The minimum atomic E-state index is 0.136. The summed E-state index contributed by atoms with van der Waals surface area (Å²) in [4.78, 5) is 14.6. The second kappa shape index (κ2) is 5.42. The topological polar surface area (TPSA) is 46.3 Å². The molecule has 0 saturated carbocycles. The van der Waals surface area contributed by atoms with E-state index in [1.165, 1.54) is 6.42 Å². The third-order valence-electron chi connectivity index (χ3n) is 3.71. The quantitative estimate of drug-likeness (QED) is 0.815. The number of carbonyl (C=O) groups is 1. The van der Waals surface area contributed by atoms with Gasteiger partial charge in [0, 0.05) is 23.8 Å². The zero-order valence-corrected chi connectivity index (χ0v) is 11.3. The largest absolute Gasteiger partial charge is 0.399 e. The van der Waals surface area contributed by atoms with E-state index in [2.05, 4.69) is 6.92 Å². The van der Waals surface area contributed by atoms with E-state index in [4.69, 9.17) is 5.73 Å². The number of hydrogen-bond donors (Lipinski definition) is 1. The summed E-state index contributed by atoms with van der Waals surface area (Å²) in [5.74, 6) is 0.136. The Morgan fingerprint density at radius 1 is 1.39 bits per heavy atom. The number of aryl methyl sites for hydroxylation is 1. The maximum Gasteiger partial charge on any atom is 0.254 e. The Balaban J connectivity index is 2.23. The molecule has 0 aromatic heterocycles. The molecule has 3 nitrogen and oxygen atoms in total. The van der Waals surface area contributed by atoms with E-state index in [9.17, 15) is 4.79 Å². The lowest BCUT2D eigenvalue weighted by molar-refractivity contribution is 0.0608. The van der Waals surface area contributed by atoms with E-state index in [0.717, 1.165) is 36.9 Å². The van der Waals surface area contributed by atoms with Crippen LogP contribution in [0.15, 0.2) is 18.2 Å². The zero-order valence-electron chi connectivity index (χ0n) is 11.3. The predicted molar refractivity (Wildman–Crippen MR) is 74.6 cm³/mol. The van der Waals surface area contributed by atoms with Crippen molar-refractivity contribution in [2.24, 2.45) is 0 Å². The van der Waals surface area contributed by atoms with Crippen LogP contribution in [-0.4, -0.2) is 23.4 Å². The molecular weight excluding hydrogens is 224 g/mol. The Hall–Kier alpha value is -1.51. The first-order chi connectivity index (χ1) is 8.61. The summed E-state index contributed by atoms with van der Waals surface area (Å²) < 4.78 is 0. The molecule has 1 aliphatic heterocycles. The van der Waals surface area contributed by atoms with E-state index < -0.39 is 0 Å². The lowest BCUT2D eigenvalue weighted by Crippen LogP contribution is -2.43. The van der Waals surface area contributed by atoms with Gasteiger partial charge in [0.2, 0.25) is 0 Å². The summed E-state index contributed by atoms with van der Waals surface area (Å²) in [7, 11) is 0. The number of nitrogens with zero attached hydrogens (tertiary/aromatic N) is 1. The number of nitrogens with two attached hydrogens (primary N) is 1. The van der Waals surface area contributed by atoms with Gasteiger partial charge in [-0.25, -0.2) is 0 Å². The highest BCUT2D eigenvalue weighted by molar-refractivity contribution is 5.95. The SMILES string of the molecule is CCC1CCCCN1C(=O)c1cc(C)cc(N)c1. The van der Waals surface area contributed by atoms with Gasteiger partial charge in [0.1, 0.15) is 0 Å². The summed E-state index contributed by atoms with van der Waals surface area (Å²) >= 11 is 0. The summed E-state index contributed by atoms with van der Waals surface area (Å²) in [6.45, 7) is 5.01. The Labute approximate surface area is 109 Å². The molecule has 0 spiro atoms. The first-order valence-electron chi connectivity index (χ1n) is 6.80. The molecule has 98 valence electrons. The Kier molecular flexibility index (Phi) is 3.90. The highest BCUT2D eigenvalue weighted by Crippen LogP contribution is 2.23. The van der Waals surface area contributed by atoms with Crippen LogP contribution in [0, 0.1) is 6.92 Å². The van der Waals surface area contributed by atoms with Crippen LogP contribution in [0.2, 0.25) is 0 Å². The van der Waals surface area contributed by atoms with Gasteiger partial charge in [-0.2, -0.15) is 0 Å². The Bertz CT molecular complexity index is 422. The molecule has 1 fully saturated rings. The molecule has 1 aliphatic rings. The first-order valence-corrected chi connectivity index (χ1v) is 6.80. The standard InChI is InChI=1S/C15H22N2O/c1-3-14-6-4-5-7-17(14)15(18)12-8-11(2)9-13(16)10-12/h8-10,14H,3-7,16H2,1-2H3. The monoisotopic (exact) mass is 246 g/mol. The molecule has 1 unspecified atom stereocenters. The zero-order chi connectivity index (χ0) is 13.1. The molecule has 18 heavy (non-hydrogen) atoms. The van der Waals surface area contributed by atoms with Crippen molar-refractivity contribution in [1.82, 2.24) is 4.90 Å². The van der Waals surface area contributed by atoms with Crippen LogP contribution >= 0.6 is 0 Å². The molecule has 1 saturated heterocycles. The van der Waals surface area contributed by atoms with E-state index in [1.807, 2.05) is 24.0 Å². The number of carbonyl (C=O) groups excluding carboxylic acids is 1. The maximum atomic E-state index is 12.5. The first kappa shape index (κ1) is 12.9. The van der Waals surface area contributed by atoms with Crippen LogP contribution in [0.5, 0.6) is 0 Å². The van der Waals surface area contributed by atoms with Gasteiger partial charge in [-0.15, -0.1) is 0 Å². The average Bonchev–Trinajstić information content (AvgIpc) is 2.36. The van der Waals surface area contributed by atoms with Crippen LogP contribution in [0.25, 0.3) is 0 Å². The number of hydrogen-bond acceptors (Lipinski definition) is 2. The normalized spacial score (nSPS) is 19.9. The van der Waals surface area contributed by atoms with Crippen LogP contribution in [-0.2, 0) is 0 Å². The number of benzene rings is 1. The van der Waals surface area contributed by atoms with Crippen LogP contribution in [0.3, 0.4) is 0 Å². The van der Waals surface area contributed by atoms with E-state index >= 15 is 0 Å². The fraction of sp³-hybridized carbons (Fsp3) is 0.533. The number of piperidine rings is 1. The fourth-order valence-corrected chi connectivity index (χ4v) is 2.79. The van der Waals surface area contributed by atoms with Crippen molar-refractivity contribution >= 4 is 11.6 Å². The van der Waals surface area contributed by atoms with Gasteiger partial charge in [0.15, 0.2) is 0 Å². The molecule has 1 aromatic rings. The van der Waals surface area contributed by atoms with Crippen molar-refractivity contribution in [3.8, 4) is 0 Å². The smallest absolute Gasteiger partial charge is 0.254 e. The van der Waals surface area contributed by atoms with Gasteiger partial charge in [-0.1, -0.05) is 6.92 Å². The molecule has 1 atom stereocenters. The van der Waals surface area contributed by atoms with Crippen molar-refractivity contribution in [2.75, 3.05) is 12.3 Å². The summed E-state index contributed by atoms with van der Waals surface area (Å²) in [6, 6.07) is 6.01. The van der Waals surface area contributed by atoms with Gasteiger partial charge in [0.25, 0.3) is 5.91 Å². The van der Waals surface area contributed by atoms with Gasteiger partial charge in [0.05, 0.1) is 0 Å². The lowest BCUT2D eigenvalue weighted by atomic mass is 9.98. The number of likely N-dealkylation sites (tertiary alicyclic amines) is 1. The van der Waals surface area contributed by atoms with Gasteiger partial charge in [-0.05, 0) is 56.4 Å². The molecule has 0 radical (unpaired) electrons. The van der Waals surface area contributed by atoms with Crippen LogP contribution < -0.4 is 5.73 Å². The summed E-state index contributed by atoms with van der Waals surface area (Å²) in [5, 5.41) is 0. The minimum absolute atomic E-state index is 0.136. The molecule has 0 bridgehead atoms. The summed E-state index contributed by atoms with van der Waals surface area (Å²) in [6.07, 6.45) is 4.51. The average molecular weight is 246 g/mol. The number of amides is 1. The van der Waals surface area contributed by atoms with Crippen molar-refractivity contribution in [3.63, 3.8) is 0 Å². The minimum Gasteiger partial charge on any atom is -0.399 e. The molecule has 2 N–H and O–H groups in total. The Morgan fingerprint density at radius 3 is 2.83 bits per heavy atom. The van der Waals surface area contributed by atoms with Gasteiger partial charge < -0.3 is 10.6 Å². The molecule has 3 heteroatoms. The second-order valence-corrected chi connectivity index (χ2v) is 5.19. The Morgan fingerprint density at radius 2 is 2.17 bits per heavy atom. The molecule has 0 aliphatic carbocycles. The fourth-order valence-electron chi connectivity index (χ4n) is 2.79. The summed E-state index contributed by atoms with van der Waals surface area (Å²) in [5.41, 5.74) is 8.27. The maximum absolute atomic E-state index is 12.5. The number of nitrogen functional groups attached to an aromatic ring is 1. The van der Waals surface area contributed by atoms with E-state index in [1.54, 1.807) is 6.07 Å². The predicted octanol–water partition coefficient (Wildman–Crippen LogP) is 2.98.